The first-order valence-corrected chi connectivity index (χ1v) is 8.62. The van der Waals surface area contributed by atoms with Gasteiger partial charge in [0.2, 0.25) is 11.9 Å². The van der Waals surface area contributed by atoms with E-state index < -0.39 is 23.5 Å². The van der Waals surface area contributed by atoms with Crippen LogP contribution >= 0.6 is 0 Å². The van der Waals surface area contributed by atoms with E-state index in [4.69, 9.17) is 11.5 Å². The van der Waals surface area contributed by atoms with Crippen LogP contribution in [0.5, 0.6) is 0 Å². The SMILES string of the molecule is Nc1nc(-c2cccc(C(F)(F)F)c2)c2nc(N)n(-c3cccc(C(F)(F)F)c3)c2n1. The number of nitrogen functional groups attached to an aromatic ring is 2. The summed E-state index contributed by atoms with van der Waals surface area (Å²) < 4.78 is 79.8. The summed E-state index contributed by atoms with van der Waals surface area (Å²) in [6, 6.07) is 8.58. The van der Waals surface area contributed by atoms with Crippen LogP contribution in [0.4, 0.5) is 38.2 Å². The van der Waals surface area contributed by atoms with Crippen molar-refractivity contribution in [1.29, 1.82) is 0 Å². The fourth-order valence-corrected chi connectivity index (χ4v) is 3.11. The zero-order valence-electron chi connectivity index (χ0n) is 15.3. The molecule has 0 radical (unpaired) electrons. The second-order valence-corrected chi connectivity index (χ2v) is 6.53. The van der Waals surface area contributed by atoms with Crippen molar-refractivity contribution < 1.29 is 26.3 Å². The molecule has 0 saturated carbocycles. The predicted octanol–water partition coefficient (Wildman–Crippen LogP) is 4.68. The fraction of sp³-hybridized carbons (Fsp3) is 0.105. The van der Waals surface area contributed by atoms with Crippen molar-refractivity contribution in [2.45, 2.75) is 12.4 Å². The number of imidazole rings is 1. The van der Waals surface area contributed by atoms with E-state index in [1.807, 2.05) is 0 Å². The molecule has 0 atom stereocenters. The van der Waals surface area contributed by atoms with Crippen LogP contribution in [0.3, 0.4) is 0 Å². The summed E-state index contributed by atoms with van der Waals surface area (Å²) in [4.78, 5) is 12.1. The van der Waals surface area contributed by atoms with E-state index in [2.05, 4.69) is 15.0 Å². The summed E-state index contributed by atoms with van der Waals surface area (Å²) >= 11 is 0. The number of alkyl halides is 6. The normalized spacial score (nSPS) is 12.5. The molecule has 31 heavy (non-hydrogen) atoms. The third-order valence-electron chi connectivity index (χ3n) is 4.45. The van der Waals surface area contributed by atoms with E-state index >= 15 is 0 Å². The van der Waals surface area contributed by atoms with E-state index in [1.54, 1.807) is 0 Å². The van der Waals surface area contributed by atoms with Gasteiger partial charge in [0.05, 0.1) is 16.8 Å². The fourth-order valence-electron chi connectivity index (χ4n) is 3.11. The molecule has 0 aliphatic carbocycles. The van der Waals surface area contributed by atoms with Gasteiger partial charge < -0.3 is 11.5 Å². The molecular weight excluding hydrogens is 426 g/mol. The summed E-state index contributed by atoms with van der Waals surface area (Å²) in [7, 11) is 0. The number of benzene rings is 2. The van der Waals surface area contributed by atoms with Crippen LogP contribution in [0.1, 0.15) is 11.1 Å². The molecule has 2 aromatic carbocycles. The van der Waals surface area contributed by atoms with Crippen LogP contribution in [0.15, 0.2) is 48.5 Å². The van der Waals surface area contributed by atoms with Gasteiger partial charge in [0, 0.05) is 5.56 Å². The Morgan fingerprint density at radius 2 is 1.35 bits per heavy atom. The minimum atomic E-state index is -4.60. The van der Waals surface area contributed by atoms with E-state index in [1.165, 1.54) is 24.3 Å². The van der Waals surface area contributed by atoms with Crippen molar-refractivity contribution >= 4 is 23.1 Å². The van der Waals surface area contributed by atoms with Gasteiger partial charge in [-0.05, 0) is 30.3 Å². The summed E-state index contributed by atoms with van der Waals surface area (Å²) in [6.45, 7) is 0. The summed E-state index contributed by atoms with van der Waals surface area (Å²) in [5.74, 6) is -0.546. The van der Waals surface area contributed by atoms with Crippen molar-refractivity contribution in [2.75, 3.05) is 11.5 Å². The molecule has 12 heteroatoms. The maximum absolute atomic E-state index is 13.1. The summed E-state index contributed by atoms with van der Waals surface area (Å²) in [5.41, 5.74) is 9.77. The van der Waals surface area contributed by atoms with Gasteiger partial charge in [-0.1, -0.05) is 18.2 Å². The maximum atomic E-state index is 13.1. The standard InChI is InChI=1S/C19H12F6N6/c20-18(21,22)10-4-1-3-9(7-10)13-14-15(30-16(26)28-13)31(17(27)29-14)12-6-2-5-11(8-12)19(23,24)25/h1-8H,(H2,27,29)(H2,26,28,30). The molecule has 6 nitrogen and oxygen atoms in total. The Morgan fingerprint density at radius 3 is 2.00 bits per heavy atom. The van der Waals surface area contributed by atoms with Gasteiger partial charge in [-0.3, -0.25) is 4.57 Å². The van der Waals surface area contributed by atoms with Crippen LogP contribution in [0.25, 0.3) is 28.1 Å². The number of nitrogens with two attached hydrogens (primary N) is 2. The summed E-state index contributed by atoms with van der Waals surface area (Å²) in [6.07, 6.45) is -9.19. The first-order valence-electron chi connectivity index (χ1n) is 8.62. The van der Waals surface area contributed by atoms with Crippen molar-refractivity contribution in [1.82, 2.24) is 19.5 Å². The van der Waals surface area contributed by atoms with E-state index in [-0.39, 0.29) is 40.0 Å². The lowest BCUT2D eigenvalue weighted by Gasteiger charge is -2.11. The Bertz CT molecular complexity index is 1290. The Labute approximate surface area is 170 Å². The highest BCUT2D eigenvalue weighted by atomic mass is 19.4. The molecule has 4 rings (SSSR count). The van der Waals surface area contributed by atoms with Gasteiger partial charge in [0.15, 0.2) is 5.65 Å². The van der Waals surface area contributed by atoms with Crippen molar-refractivity contribution in [3.63, 3.8) is 0 Å². The summed E-state index contributed by atoms with van der Waals surface area (Å²) in [5, 5.41) is 0. The Kier molecular flexibility index (Phi) is 4.52. The minimum Gasteiger partial charge on any atom is -0.369 e. The van der Waals surface area contributed by atoms with Gasteiger partial charge in [-0.2, -0.15) is 31.3 Å². The topological polar surface area (TPSA) is 95.6 Å². The number of anilines is 2. The smallest absolute Gasteiger partial charge is 0.369 e. The molecule has 4 N–H and O–H groups in total. The second-order valence-electron chi connectivity index (χ2n) is 6.53. The Morgan fingerprint density at radius 1 is 0.742 bits per heavy atom. The molecule has 2 aromatic heterocycles. The zero-order valence-corrected chi connectivity index (χ0v) is 15.3. The molecule has 0 saturated heterocycles. The van der Waals surface area contributed by atoms with Crippen LogP contribution in [-0.2, 0) is 12.4 Å². The van der Waals surface area contributed by atoms with Gasteiger partial charge in [-0.15, -0.1) is 0 Å². The second kappa shape index (κ2) is 6.86. The largest absolute Gasteiger partial charge is 0.416 e. The lowest BCUT2D eigenvalue weighted by Crippen LogP contribution is -2.08. The minimum absolute atomic E-state index is 0.00270. The van der Waals surface area contributed by atoms with Crippen molar-refractivity contribution in [3.05, 3.63) is 59.7 Å². The highest BCUT2D eigenvalue weighted by molar-refractivity contribution is 5.91. The van der Waals surface area contributed by atoms with Crippen LogP contribution < -0.4 is 11.5 Å². The zero-order chi connectivity index (χ0) is 22.6. The Balaban J connectivity index is 1.96. The molecule has 0 aliphatic rings. The number of fused-ring (bicyclic) bond motifs is 1. The molecule has 160 valence electrons. The third-order valence-corrected chi connectivity index (χ3v) is 4.45. The lowest BCUT2D eigenvalue weighted by molar-refractivity contribution is -0.138. The molecule has 0 bridgehead atoms. The molecule has 0 fully saturated rings. The quantitative estimate of drug-likeness (QED) is 0.443. The number of rotatable bonds is 2. The molecule has 2 heterocycles. The average molecular weight is 438 g/mol. The molecule has 0 unspecified atom stereocenters. The van der Waals surface area contributed by atoms with Crippen LogP contribution in [-0.4, -0.2) is 19.5 Å². The first-order chi connectivity index (χ1) is 14.4. The third kappa shape index (κ3) is 3.71. The number of halogens is 6. The highest BCUT2D eigenvalue weighted by Crippen LogP contribution is 2.36. The Hall–Kier alpha value is -3.83. The van der Waals surface area contributed by atoms with E-state index in [9.17, 15) is 26.3 Å². The molecule has 0 amide bonds. The van der Waals surface area contributed by atoms with Crippen LogP contribution in [0, 0.1) is 0 Å². The number of aromatic nitrogens is 4. The van der Waals surface area contributed by atoms with E-state index in [0.717, 1.165) is 28.8 Å². The van der Waals surface area contributed by atoms with Gasteiger partial charge >= 0.3 is 12.4 Å². The molecule has 0 aliphatic heterocycles. The number of hydrogen-bond donors (Lipinski definition) is 2. The first kappa shape index (κ1) is 20.4. The molecule has 0 spiro atoms. The van der Waals surface area contributed by atoms with Gasteiger partial charge in [0.25, 0.3) is 0 Å². The highest BCUT2D eigenvalue weighted by Gasteiger charge is 2.32. The monoisotopic (exact) mass is 438 g/mol. The number of hydrogen-bond acceptors (Lipinski definition) is 5. The van der Waals surface area contributed by atoms with Crippen molar-refractivity contribution in [2.24, 2.45) is 0 Å². The molecular formula is C19H12F6N6. The predicted molar refractivity (Wildman–Crippen MR) is 101 cm³/mol. The molecule has 4 aromatic rings. The van der Waals surface area contributed by atoms with Gasteiger partial charge in [0.1, 0.15) is 11.2 Å². The lowest BCUT2D eigenvalue weighted by atomic mass is 10.1. The van der Waals surface area contributed by atoms with Crippen molar-refractivity contribution in [3.8, 4) is 16.9 Å². The van der Waals surface area contributed by atoms with Gasteiger partial charge in [-0.25, -0.2) is 9.97 Å². The maximum Gasteiger partial charge on any atom is 0.416 e. The van der Waals surface area contributed by atoms with Crippen LogP contribution in [0.2, 0.25) is 0 Å². The number of nitrogens with zero attached hydrogens (tertiary/aromatic N) is 4. The average Bonchev–Trinajstić information content (AvgIpc) is 3.02. The van der Waals surface area contributed by atoms with E-state index in [0.29, 0.717) is 0 Å².